The van der Waals surface area contributed by atoms with E-state index < -0.39 is 6.04 Å². The molecule has 2 rings (SSSR count). The number of rotatable bonds is 5. The number of hydrogen-bond donors (Lipinski definition) is 2. The molecule has 0 heterocycles. The van der Waals surface area contributed by atoms with Gasteiger partial charge in [-0.05, 0) is 43.0 Å². The van der Waals surface area contributed by atoms with Gasteiger partial charge in [0, 0.05) is 10.7 Å². The second-order valence-corrected chi connectivity index (χ2v) is 5.44. The Morgan fingerprint density at radius 3 is 2.62 bits per heavy atom. The van der Waals surface area contributed by atoms with E-state index in [0.717, 1.165) is 12.0 Å². The predicted octanol–water partition coefficient (Wildman–Crippen LogP) is 3.55. The minimum absolute atomic E-state index is 0.184. The highest BCUT2D eigenvalue weighted by molar-refractivity contribution is 6.31. The molecular weight excluding hydrogens is 284 g/mol. The Bertz CT molecular complexity index is 613. The van der Waals surface area contributed by atoms with Crippen molar-refractivity contribution in [3.63, 3.8) is 0 Å². The number of benzene rings is 2. The van der Waals surface area contributed by atoms with E-state index in [1.165, 1.54) is 5.56 Å². The summed E-state index contributed by atoms with van der Waals surface area (Å²) in [7, 11) is 0. The van der Waals surface area contributed by atoms with E-state index in [9.17, 15) is 4.79 Å². The van der Waals surface area contributed by atoms with Crippen LogP contribution >= 0.6 is 11.6 Å². The normalized spacial score (nSPS) is 12.0. The molecule has 0 saturated heterocycles. The summed E-state index contributed by atoms with van der Waals surface area (Å²) in [5.41, 5.74) is 8.70. The molecule has 0 aliphatic heterocycles. The highest BCUT2D eigenvalue weighted by atomic mass is 35.5. The van der Waals surface area contributed by atoms with Crippen LogP contribution in [-0.4, -0.2) is 11.9 Å². The average molecular weight is 303 g/mol. The first-order valence-electron chi connectivity index (χ1n) is 6.93. The molecule has 0 aliphatic carbocycles. The molecule has 1 amide bonds. The zero-order valence-electron chi connectivity index (χ0n) is 12.0. The molecule has 3 N–H and O–H groups in total. The van der Waals surface area contributed by atoms with E-state index in [-0.39, 0.29) is 5.91 Å². The van der Waals surface area contributed by atoms with Gasteiger partial charge in [0.15, 0.2) is 0 Å². The first-order valence-corrected chi connectivity index (χ1v) is 7.31. The van der Waals surface area contributed by atoms with Gasteiger partial charge in [-0.1, -0.05) is 48.0 Å². The van der Waals surface area contributed by atoms with E-state index in [2.05, 4.69) is 5.32 Å². The summed E-state index contributed by atoms with van der Waals surface area (Å²) in [6.45, 7) is 1.87. The highest BCUT2D eigenvalue weighted by Crippen LogP contribution is 2.23. The number of nitrogens with two attached hydrogens (primary N) is 1. The Morgan fingerprint density at radius 2 is 1.90 bits per heavy atom. The van der Waals surface area contributed by atoms with Crippen LogP contribution in [0, 0.1) is 6.92 Å². The lowest BCUT2D eigenvalue weighted by atomic mass is 10.1. The fraction of sp³-hybridized carbons (Fsp3) is 0.235. The van der Waals surface area contributed by atoms with Crippen molar-refractivity contribution in [3.05, 3.63) is 64.7 Å². The summed E-state index contributed by atoms with van der Waals surface area (Å²) in [5, 5.41) is 3.47. The van der Waals surface area contributed by atoms with Crippen LogP contribution in [0.2, 0.25) is 5.02 Å². The van der Waals surface area contributed by atoms with Crippen molar-refractivity contribution in [2.45, 2.75) is 25.8 Å². The number of nitrogens with one attached hydrogen (secondary N) is 1. The average Bonchev–Trinajstić information content (AvgIpc) is 2.50. The van der Waals surface area contributed by atoms with Gasteiger partial charge in [0.2, 0.25) is 5.91 Å². The predicted molar refractivity (Wildman–Crippen MR) is 87.6 cm³/mol. The third-order valence-corrected chi connectivity index (χ3v) is 3.86. The third kappa shape index (κ3) is 4.31. The van der Waals surface area contributed by atoms with Crippen LogP contribution in [-0.2, 0) is 11.2 Å². The minimum atomic E-state index is -0.538. The highest BCUT2D eigenvalue weighted by Gasteiger charge is 2.14. The number of halogens is 1. The van der Waals surface area contributed by atoms with Crippen LogP contribution in [0.4, 0.5) is 5.69 Å². The molecule has 0 aliphatic rings. The van der Waals surface area contributed by atoms with Crippen molar-refractivity contribution < 1.29 is 4.79 Å². The summed E-state index contributed by atoms with van der Waals surface area (Å²) in [6, 6.07) is 14.9. The molecule has 2 aromatic rings. The first kappa shape index (κ1) is 15.5. The molecule has 0 radical (unpaired) electrons. The molecule has 2 aromatic carbocycles. The molecule has 1 unspecified atom stereocenters. The third-order valence-electron chi connectivity index (χ3n) is 3.45. The van der Waals surface area contributed by atoms with Crippen LogP contribution in [0.1, 0.15) is 17.5 Å². The summed E-state index contributed by atoms with van der Waals surface area (Å²) in [4.78, 5) is 12.1. The van der Waals surface area contributed by atoms with Crippen molar-refractivity contribution in [2.24, 2.45) is 5.73 Å². The first-order chi connectivity index (χ1) is 10.1. The minimum Gasteiger partial charge on any atom is -0.324 e. The van der Waals surface area contributed by atoms with Crippen molar-refractivity contribution in [1.29, 1.82) is 0 Å². The zero-order chi connectivity index (χ0) is 15.2. The Kier molecular flexibility index (Phi) is 5.37. The quantitative estimate of drug-likeness (QED) is 0.887. The molecule has 0 bridgehead atoms. The molecule has 110 valence electrons. The fourth-order valence-corrected chi connectivity index (χ4v) is 2.24. The van der Waals surface area contributed by atoms with Crippen molar-refractivity contribution in [3.8, 4) is 0 Å². The lowest BCUT2D eigenvalue weighted by Gasteiger charge is -2.14. The topological polar surface area (TPSA) is 55.1 Å². The standard InChI is InChI=1S/C17H19ClN2O/c1-12-14(18)8-5-9-16(12)20-17(21)15(19)11-10-13-6-3-2-4-7-13/h2-9,15H,10-11,19H2,1H3,(H,20,21). The molecule has 0 aromatic heterocycles. The van der Waals surface area contributed by atoms with Crippen LogP contribution in [0.5, 0.6) is 0 Å². The molecule has 0 saturated carbocycles. The summed E-state index contributed by atoms with van der Waals surface area (Å²) < 4.78 is 0. The number of carbonyl (C=O) groups excluding carboxylic acids is 1. The fourth-order valence-electron chi connectivity index (χ4n) is 2.07. The van der Waals surface area contributed by atoms with E-state index in [1.54, 1.807) is 12.1 Å². The van der Waals surface area contributed by atoms with Gasteiger partial charge in [-0.25, -0.2) is 0 Å². The smallest absolute Gasteiger partial charge is 0.241 e. The number of aryl methyl sites for hydroxylation is 1. The Balaban J connectivity index is 1.92. The van der Waals surface area contributed by atoms with E-state index in [0.29, 0.717) is 17.1 Å². The van der Waals surface area contributed by atoms with Crippen LogP contribution < -0.4 is 11.1 Å². The number of carbonyl (C=O) groups is 1. The monoisotopic (exact) mass is 302 g/mol. The summed E-state index contributed by atoms with van der Waals surface area (Å²) in [5.74, 6) is -0.184. The van der Waals surface area contributed by atoms with Crippen molar-refractivity contribution >= 4 is 23.2 Å². The van der Waals surface area contributed by atoms with Gasteiger partial charge >= 0.3 is 0 Å². The Morgan fingerprint density at radius 1 is 1.19 bits per heavy atom. The van der Waals surface area contributed by atoms with Crippen molar-refractivity contribution in [2.75, 3.05) is 5.32 Å². The number of anilines is 1. The van der Waals surface area contributed by atoms with Crippen LogP contribution in [0.3, 0.4) is 0 Å². The van der Waals surface area contributed by atoms with Gasteiger partial charge in [0.25, 0.3) is 0 Å². The van der Waals surface area contributed by atoms with Gasteiger partial charge in [-0.3, -0.25) is 4.79 Å². The van der Waals surface area contributed by atoms with E-state index in [4.69, 9.17) is 17.3 Å². The van der Waals surface area contributed by atoms with Crippen LogP contribution in [0.25, 0.3) is 0 Å². The second kappa shape index (κ2) is 7.25. The van der Waals surface area contributed by atoms with E-state index in [1.807, 2.05) is 43.3 Å². The maximum atomic E-state index is 12.1. The molecule has 1 atom stereocenters. The molecule has 0 spiro atoms. The summed E-state index contributed by atoms with van der Waals surface area (Å²) >= 11 is 6.04. The number of amides is 1. The number of hydrogen-bond acceptors (Lipinski definition) is 2. The Labute approximate surface area is 130 Å². The molecule has 21 heavy (non-hydrogen) atoms. The van der Waals surface area contributed by atoms with Crippen molar-refractivity contribution in [1.82, 2.24) is 0 Å². The second-order valence-electron chi connectivity index (χ2n) is 5.03. The van der Waals surface area contributed by atoms with Gasteiger partial charge < -0.3 is 11.1 Å². The molecular formula is C17H19ClN2O. The van der Waals surface area contributed by atoms with Gasteiger partial charge in [0.05, 0.1) is 6.04 Å². The SMILES string of the molecule is Cc1c(Cl)cccc1NC(=O)C(N)CCc1ccccc1. The maximum Gasteiger partial charge on any atom is 0.241 e. The maximum absolute atomic E-state index is 12.1. The van der Waals surface area contributed by atoms with Gasteiger partial charge in [0.1, 0.15) is 0 Å². The molecule has 0 fully saturated rings. The molecule has 4 heteroatoms. The lowest BCUT2D eigenvalue weighted by Crippen LogP contribution is -2.36. The lowest BCUT2D eigenvalue weighted by molar-refractivity contribution is -0.117. The molecule has 3 nitrogen and oxygen atoms in total. The largest absolute Gasteiger partial charge is 0.324 e. The van der Waals surface area contributed by atoms with Crippen LogP contribution in [0.15, 0.2) is 48.5 Å². The Hall–Kier alpha value is -1.84. The van der Waals surface area contributed by atoms with E-state index >= 15 is 0 Å². The van der Waals surface area contributed by atoms with Gasteiger partial charge in [-0.2, -0.15) is 0 Å². The summed E-state index contributed by atoms with van der Waals surface area (Å²) in [6.07, 6.45) is 1.39. The van der Waals surface area contributed by atoms with Gasteiger partial charge in [-0.15, -0.1) is 0 Å². The zero-order valence-corrected chi connectivity index (χ0v) is 12.7.